The van der Waals surface area contributed by atoms with E-state index in [0.29, 0.717) is 6.71 Å². The summed E-state index contributed by atoms with van der Waals surface area (Å²) in [5.41, 5.74) is 2.55. The largest absolute Gasteiger partial charge is 0.497 e. The van der Waals surface area contributed by atoms with Crippen molar-refractivity contribution in [1.82, 2.24) is 0 Å². The highest BCUT2D eigenvalue weighted by Gasteiger charge is 2.19. The third-order valence-corrected chi connectivity index (χ3v) is 3.48. The molecule has 2 aromatic rings. The summed E-state index contributed by atoms with van der Waals surface area (Å²) in [6.45, 7) is 2.45. The van der Waals surface area contributed by atoms with Crippen LogP contribution < -0.4 is 10.2 Å². The van der Waals surface area contributed by atoms with Crippen molar-refractivity contribution in [3.63, 3.8) is 0 Å². The molecule has 0 bridgehead atoms. The highest BCUT2D eigenvalue weighted by Crippen LogP contribution is 2.22. The van der Waals surface area contributed by atoms with Gasteiger partial charge in [-0.15, -0.1) is 12.0 Å². The highest BCUT2D eigenvalue weighted by molar-refractivity contribution is 6.85. The topological polar surface area (TPSA) is 9.23 Å². The van der Waals surface area contributed by atoms with Gasteiger partial charge in [-0.1, -0.05) is 42.0 Å². The lowest BCUT2D eigenvalue weighted by atomic mass is 9.45. The smallest absolute Gasteiger partial charge is 0.232 e. The van der Waals surface area contributed by atoms with Crippen LogP contribution in [0.1, 0.15) is 5.56 Å². The fraction of sp³-hybridized carbons (Fsp3) is 0.125. The quantitative estimate of drug-likeness (QED) is 0.725. The number of allylic oxidation sites excluding steroid dienone is 2. The molecule has 0 spiro atoms. The van der Waals surface area contributed by atoms with Crippen molar-refractivity contribution in [2.45, 2.75) is 6.92 Å². The van der Waals surface area contributed by atoms with Crippen molar-refractivity contribution in [2.24, 2.45) is 0 Å². The lowest BCUT2D eigenvalue weighted by Crippen LogP contribution is -2.27. The standard InChI is InChI=1S/C16H15BO/c1-12-5-7-14-13(11-12)6-8-15(18-2)16(14)17-9-3-4-10-17/h3-11H,1-2H3. The van der Waals surface area contributed by atoms with Gasteiger partial charge in [-0.25, -0.2) is 0 Å². The van der Waals surface area contributed by atoms with E-state index >= 15 is 0 Å². The van der Waals surface area contributed by atoms with Gasteiger partial charge in [-0.05, 0) is 29.2 Å². The molecule has 0 radical (unpaired) electrons. The van der Waals surface area contributed by atoms with Gasteiger partial charge >= 0.3 is 0 Å². The van der Waals surface area contributed by atoms with Gasteiger partial charge in [0.1, 0.15) is 5.75 Å². The van der Waals surface area contributed by atoms with Crippen molar-refractivity contribution < 1.29 is 4.74 Å². The molecular formula is C16H15BO. The molecule has 1 heterocycles. The van der Waals surface area contributed by atoms with Gasteiger partial charge in [-0.2, -0.15) is 0 Å². The maximum absolute atomic E-state index is 5.53. The number of rotatable bonds is 2. The molecule has 0 unspecified atom stereocenters. The first-order chi connectivity index (χ1) is 8.79. The lowest BCUT2D eigenvalue weighted by Gasteiger charge is -2.14. The fourth-order valence-corrected chi connectivity index (χ4v) is 2.60. The first-order valence-corrected chi connectivity index (χ1v) is 6.22. The minimum Gasteiger partial charge on any atom is -0.497 e. The van der Waals surface area contributed by atoms with Crippen LogP contribution in [0.5, 0.6) is 5.75 Å². The van der Waals surface area contributed by atoms with Gasteiger partial charge in [0.25, 0.3) is 0 Å². The van der Waals surface area contributed by atoms with Crippen LogP contribution >= 0.6 is 0 Å². The summed E-state index contributed by atoms with van der Waals surface area (Å²) in [4.78, 5) is 0. The van der Waals surface area contributed by atoms with E-state index < -0.39 is 0 Å². The Morgan fingerprint density at radius 1 is 1.00 bits per heavy atom. The van der Waals surface area contributed by atoms with E-state index in [0.717, 1.165) is 5.75 Å². The Bertz CT molecular complexity index is 643. The van der Waals surface area contributed by atoms with Crippen LogP contribution in [0.4, 0.5) is 0 Å². The van der Waals surface area contributed by atoms with Gasteiger partial charge in [0.2, 0.25) is 6.71 Å². The summed E-state index contributed by atoms with van der Waals surface area (Å²) in [5.74, 6) is 5.38. The zero-order valence-corrected chi connectivity index (χ0v) is 10.7. The van der Waals surface area contributed by atoms with Crippen LogP contribution in [0.15, 0.2) is 54.4 Å². The summed E-state index contributed by atoms with van der Waals surface area (Å²) < 4.78 is 5.53. The van der Waals surface area contributed by atoms with Gasteiger partial charge in [-0.3, -0.25) is 0 Å². The van der Waals surface area contributed by atoms with Crippen LogP contribution in [0.2, 0.25) is 0 Å². The SMILES string of the molecule is COc1ccc2cc(C)ccc2c1B1C=CC=C1. The molecule has 2 heteroatoms. The van der Waals surface area contributed by atoms with E-state index in [-0.39, 0.29) is 0 Å². The van der Waals surface area contributed by atoms with Gasteiger partial charge in [0.05, 0.1) is 7.11 Å². The molecule has 0 atom stereocenters. The Kier molecular flexibility index (Phi) is 2.71. The zero-order valence-electron chi connectivity index (χ0n) is 10.7. The van der Waals surface area contributed by atoms with E-state index in [1.807, 2.05) is 0 Å². The normalized spacial score (nSPS) is 13.6. The molecule has 0 amide bonds. The van der Waals surface area contributed by atoms with Crippen molar-refractivity contribution in [2.75, 3.05) is 7.11 Å². The number of aryl methyl sites for hydroxylation is 1. The summed E-state index contributed by atoms with van der Waals surface area (Å²) in [6, 6.07) is 10.8. The molecule has 0 aromatic heterocycles. The zero-order chi connectivity index (χ0) is 12.5. The highest BCUT2D eigenvalue weighted by atomic mass is 16.5. The number of benzene rings is 2. The second-order valence-electron chi connectivity index (χ2n) is 4.70. The molecule has 18 heavy (non-hydrogen) atoms. The van der Waals surface area contributed by atoms with E-state index in [9.17, 15) is 0 Å². The summed E-state index contributed by atoms with van der Waals surface area (Å²) in [7, 11) is 1.74. The Balaban J connectivity index is 2.30. The van der Waals surface area contributed by atoms with Gasteiger partial charge < -0.3 is 4.74 Å². The molecule has 0 saturated carbocycles. The second kappa shape index (κ2) is 4.38. The second-order valence-corrected chi connectivity index (χ2v) is 4.70. The van der Waals surface area contributed by atoms with E-state index in [2.05, 4.69) is 61.4 Å². The van der Waals surface area contributed by atoms with E-state index in [1.54, 1.807) is 7.11 Å². The summed E-state index contributed by atoms with van der Waals surface area (Å²) in [6.07, 6.45) is 4.19. The van der Waals surface area contributed by atoms with Crippen molar-refractivity contribution in [3.05, 3.63) is 60.0 Å². The third-order valence-electron chi connectivity index (χ3n) is 3.48. The molecule has 0 fully saturated rings. The molecule has 1 nitrogen and oxygen atoms in total. The molecule has 0 aliphatic carbocycles. The molecule has 1 aliphatic rings. The van der Waals surface area contributed by atoms with Crippen LogP contribution in [0, 0.1) is 6.92 Å². The maximum Gasteiger partial charge on any atom is 0.232 e. The average molecular weight is 234 g/mol. The minimum atomic E-state index is 0.325. The Labute approximate surface area is 108 Å². The Hall–Kier alpha value is -1.96. The number of ether oxygens (including phenoxy) is 1. The number of hydrogen-bond donors (Lipinski definition) is 0. The maximum atomic E-state index is 5.53. The molecule has 0 N–H and O–H groups in total. The first kappa shape index (κ1) is 11.2. The van der Waals surface area contributed by atoms with E-state index in [1.165, 1.54) is 21.8 Å². The van der Waals surface area contributed by atoms with Crippen molar-refractivity contribution in [3.8, 4) is 5.75 Å². The predicted molar refractivity (Wildman–Crippen MR) is 78.9 cm³/mol. The summed E-state index contributed by atoms with van der Waals surface area (Å²) in [5, 5.41) is 2.56. The Morgan fingerprint density at radius 2 is 1.78 bits per heavy atom. The van der Waals surface area contributed by atoms with Crippen molar-refractivity contribution >= 4 is 22.9 Å². The summed E-state index contributed by atoms with van der Waals surface area (Å²) >= 11 is 0. The molecule has 1 aliphatic heterocycles. The van der Waals surface area contributed by atoms with Crippen molar-refractivity contribution in [1.29, 1.82) is 0 Å². The molecule has 2 aromatic carbocycles. The Morgan fingerprint density at radius 3 is 2.50 bits per heavy atom. The third kappa shape index (κ3) is 1.74. The number of hydrogen-bond acceptors (Lipinski definition) is 1. The minimum absolute atomic E-state index is 0.325. The van der Waals surface area contributed by atoms with Crippen LogP contribution in [-0.2, 0) is 0 Å². The van der Waals surface area contributed by atoms with Crippen LogP contribution in [-0.4, -0.2) is 13.8 Å². The van der Waals surface area contributed by atoms with Gasteiger partial charge in [0.15, 0.2) is 0 Å². The number of fused-ring (bicyclic) bond motifs is 1. The predicted octanol–water partition coefficient (Wildman–Crippen LogP) is 3.06. The first-order valence-electron chi connectivity index (χ1n) is 6.22. The lowest BCUT2D eigenvalue weighted by molar-refractivity contribution is 0.418. The molecular weight excluding hydrogens is 219 g/mol. The van der Waals surface area contributed by atoms with E-state index in [4.69, 9.17) is 4.74 Å². The molecule has 3 rings (SSSR count). The molecule has 0 saturated heterocycles. The average Bonchev–Trinajstić information content (AvgIpc) is 2.90. The monoisotopic (exact) mass is 234 g/mol. The van der Waals surface area contributed by atoms with Crippen LogP contribution in [0.3, 0.4) is 0 Å². The fourth-order valence-electron chi connectivity index (χ4n) is 2.60. The van der Waals surface area contributed by atoms with Gasteiger partial charge in [0, 0.05) is 0 Å². The molecule has 88 valence electrons. The number of methoxy groups -OCH3 is 1. The van der Waals surface area contributed by atoms with Crippen LogP contribution in [0.25, 0.3) is 10.8 Å².